The molecule has 0 fully saturated rings. The van der Waals surface area contributed by atoms with E-state index in [1.807, 2.05) is 23.5 Å². The lowest BCUT2D eigenvalue weighted by atomic mass is 10.2. The van der Waals surface area contributed by atoms with Gasteiger partial charge in [-0.05, 0) is 59.2 Å². The third kappa shape index (κ3) is 4.12. The van der Waals surface area contributed by atoms with Crippen molar-refractivity contribution >= 4 is 33.0 Å². The Labute approximate surface area is 121 Å². The average Bonchev–Trinajstić information content (AvgIpc) is 2.76. The Morgan fingerprint density at radius 2 is 1.89 bits per heavy atom. The van der Waals surface area contributed by atoms with Gasteiger partial charge in [0.2, 0.25) is 0 Å². The summed E-state index contributed by atoms with van der Waals surface area (Å²) in [6, 6.07) is 12.4. The number of hydrogen-bond donors (Lipinski definition) is 1. The van der Waals surface area contributed by atoms with Gasteiger partial charge in [-0.25, -0.2) is 0 Å². The number of nitrogens with two attached hydrogens (primary N) is 1. The topological polar surface area (TPSA) is 29.3 Å². The van der Waals surface area contributed by atoms with E-state index in [0.717, 1.165) is 25.2 Å². The third-order valence-electron chi connectivity index (χ3n) is 2.80. The van der Waals surface area contributed by atoms with Crippen LogP contribution in [0.5, 0.6) is 0 Å². The lowest BCUT2D eigenvalue weighted by Crippen LogP contribution is -2.20. The lowest BCUT2D eigenvalue weighted by molar-refractivity contribution is 0.332. The van der Waals surface area contributed by atoms with Crippen molar-refractivity contribution in [2.24, 2.45) is 0 Å². The molecule has 0 spiro atoms. The van der Waals surface area contributed by atoms with Crippen molar-refractivity contribution in [1.82, 2.24) is 4.90 Å². The molecule has 1 heterocycles. The maximum atomic E-state index is 5.68. The van der Waals surface area contributed by atoms with Gasteiger partial charge < -0.3 is 10.6 Å². The number of hydrogen-bond acceptors (Lipinski definition) is 3. The lowest BCUT2D eigenvalue weighted by Gasteiger charge is -2.16. The zero-order valence-corrected chi connectivity index (χ0v) is 12.8. The summed E-state index contributed by atoms with van der Waals surface area (Å²) in [7, 11) is 2.15. The van der Waals surface area contributed by atoms with Crippen molar-refractivity contribution in [3.63, 3.8) is 0 Å². The summed E-state index contributed by atoms with van der Waals surface area (Å²) in [5.41, 5.74) is 7.81. The van der Waals surface area contributed by atoms with E-state index in [4.69, 9.17) is 5.73 Å². The van der Waals surface area contributed by atoms with E-state index in [-0.39, 0.29) is 0 Å². The summed E-state index contributed by atoms with van der Waals surface area (Å²) >= 11 is 5.30. The molecule has 0 radical (unpaired) electrons. The van der Waals surface area contributed by atoms with Gasteiger partial charge in [0.05, 0.1) is 3.79 Å². The second-order valence-corrected chi connectivity index (χ2v) is 6.98. The molecule has 2 nitrogen and oxygen atoms in total. The smallest absolute Gasteiger partial charge is 0.0701 e. The molecule has 0 atom stereocenters. The van der Waals surface area contributed by atoms with Crippen LogP contribution in [0, 0.1) is 0 Å². The second kappa shape index (κ2) is 6.36. The minimum atomic E-state index is 0.824. The van der Waals surface area contributed by atoms with Gasteiger partial charge in [0, 0.05) is 23.7 Å². The molecule has 2 N–H and O–H groups in total. The summed E-state index contributed by atoms with van der Waals surface area (Å²) in [6.07, 6.45) is 1.10. The highest BCUT2D eigenvalue weighted by Crippen LogP contribution is 2.22. The van der Waals surface area contributed by atoms with Crippen LogP contribution in [0.15, 0.2) is 40.2 Å². The van der Waals surface area contributed by atoms with Gasteiger partial charge in [0.15, 0.2) is 0 Å². The molecule has 2 rings (SSSR count). The normalized spacial score (nSPS) is 11.1. The SMILES string of the molecule is CN(CCc1ccc(Br)s1)Cc1ccc(N)cc1. The monoisotopic (exact) mass is 324 g/mol. The largest absolute Gasteiger partial charge is 0.399 e. The van der Waals surface area contributed by atoms with Crippen molar-refractivity contribution in [1.29, 1.82) is 0 Å². The predicted molar refractivity (Wildman–Crippen MR) is 82.9 cm³/mol. The zero-order valence-electron chi connectivity index (χ0n) is 10.4. The molecule has 0 aliphatic rings. The highest BCUT2D eigenvalue weighted by molar-refractivity contribution is 9.11. The number of thiophene rings is 1. The molecular formula is C14H17BrN2S. The van der Waals surface area contributed by atoms with Crippen LogP contribution in [0.3, 0.4) is 0 Å². The Bertz CT molecular complexity index is 493. The van der Waals surface area contributed by atoms with E-state index >= 15 is 0 Å². The van der Waals surface area contributed by atoms with Crippen LogP contribution >= 0.6 is 27.3 Å². The Morgan fingerprint density at radius 1 is 1.17 bits per heavy atom. The van der Waals surface area contributed by atoms with Gasteiger partial charge in [-0.1, -0.05) is 12.1 Å². The molecule has 0 saturated carbocycles. The highest BCUT2D eigenvalue weighted by Gasteiger charge is 2.03. The van der Waals surface area contributed by atoms with Gasteiger partial charge in [-0.2, -0.15) is 0 Å². The van der Waals surface area contributed by atoms with Crippen molar-refractivity contribution in [2.45, 2.75) is 13.0 Å². The minimum Gasteiger partial charge on any atom is -0.399 e. The molecule has 0 aliphatic heterocycles. The molecule has 0 saturated heterocycles. The Hall–Kier alpha value is -0.840. The third-order valence-corrected chi connectivity index (χ3v) is 4.48. The maximum Gasteiger partial charge on any atom is 0.0701 e. The molecule has 0 unspecified atom stereocenters. The summed E-state index contributed by atoms with van der Waals surface area (Å²) in [6.45, 7) is 2.03. The first-order chi connectivity index (χ1) is 8.63. The molecular weight excluding hydrogens is 308 g/mol. The Kier molecular flexibility index (Phi) is 4.80. The van der Waals surface area contributed by atoms with E-state index in [9.17, 15) is 0 Å². The number of likely N-dealkylation sites (N-methyl/N-ethyl adjacent to an activating group) is 1. The quantitative estimate of drug-likeness (QED) is 0.848. The van der Waals surface area contributed by atoms with E-state index in [2.05, 4.69) is 52.1 Å². The van der Waals surface area contributed by atoms with Crippen molar-refractivity contribution in [3.05, 3.63) is 50.6 Å². The van der Waals surface area contributed by atoms with E-state index < -0.39 is 0 Å². The van der Waals surface area contributed by atoms with Crippen molar-refractivity contribution < 1.29 is 0 Å². The van der Waals surface area contributed by atoms with Crippen LogP contribution in [0.25, 0.3) is 0 Å². The minimum absolute atomic E-state index is 0.824. The van der Waals surface area contributed by atoms with Crippen LogP contribution in [0.1, 0.15) is 10.4 Å². The van der Waals surface area contributed by atoms with Gasteiger partial charge in [-0.3, -0.25) is 0 Å². The van der Waals surface area contributed by atoms with E-state index in [1.165, 1.54) is 14.2 Å². The number of anilines is 1. The molecule has 0 aliphatic carbocycles. The molecule has 0 bridgehead atoms. The Balaban J connectivity index is 1.81. The molecule has 1 aromatic heterocycles. The van der Waals surface area contributed by atoms with Gasteiger partial charge in [-0.15, -0.1) is 11.3 Å². The molecule has 0 amide bonds. The van der Waals surface area contributed by atoms with Crippen molar-refractivity contribution in [2.75, 3.05) is 19.3 Å². The predicted octanol–water partition coefficient (Wildman–Crippen LogP) is 3.77. The van der Waals surface area contributed by atoms with E-state index in [1.54, 1.807) is 0 Å². The van der Waals surface area contributed by atoms with E-state index in [0.29, 0.717) is 0 Å². The fraction of sp³-hybridized carbons (Fsp3) is 0.286. The number of nitrogen functional groups attached to an aromatic ring is 1. The number of halogens is 1. The zero-order chi connectivity index (χ0) is 13.0. The first-order valence-electron chi connectivity index (χ1n) is 5.90. The number of rotatable bonds is 5. The molecule has 96 valence electrons. The fourth-order valence-corrected chi connectivity index (χ4v) is 3.27. The maximum absolute atomic E-state index is 5.68. The van der Waals surface area contributed by atoms with Gasteiger partial charge >= 0.3 is 0 Å². The molecule has 1 aromatic carbocycles. The van der Waals surface area contributed by atoms with Gasteiger partial charge in [0.1, 0.15) is 0 Å². The second-order valence-electron chi connectivity index (χ2n) is 4.44. The molecule has 2 aromatic rings. The summed E-state index contributed by atoms with van der Waals surface area (Å²) < 4.78 is 1.21. The standard InChI is InChI=1S/C14H17BrN2S/c1-17(9-8-13-6-7-14(15)18-13)10-11-2-4-12(16)5-3-11/h2-7H,8-10,16H2,1H3. The molecule has 18 heavy (non-hydrogen) atoms. The number of benzene rings is 1. The summed E-state index contributed by atoms with van der Waals surface area (Å²) in [5, 5.41) is 0. The fourth-order valence-electron chi connectivity index (χ4n) is 1.80. The van der Waals surface area contributed by atoms with Crippen LogP contribution in [0.4, 0.5) is 5.69 Å². The average molecular weight is 325 g/mol. The van der Waals surface area contributed by atoms with Crippen LogP contribution in [-0.2, 0) is 13.0 Å². The first kappa shape index (κ1) is 13.6. The van der Waals surface area contributed by atoms with Crippen LogP contribution in [0.2, 0.25) is 0 Å². The van der Waals surface area contributed by atoms with Crippen molar-refractivity contribution in [3.8, 4) is 0 Å². The molecule has 4 heteroatoms. The van der Waals surface area contributed by atoms with Gasteiger partial charge in [0.25, 0.3) is 0 Å². The summed E-state index contributed by atoms with van der Waals surface area (Å²) in [5.74, 6) is 0. The highest BCUT2D eigenvalue weighted by atomic mass is 79.9. The first-order valence-corrected chi connectivity index (χ1v) is 7.51. The van der Waals surface area contributed by atoms with Crippen LogP contribution in [-0.4, -0.2) is 18.5 Å². The number of nitrogens with zero attached hydrogens (tertiary/aromatic N) is 1. The van der Waals surface area contributed by atoms with Crippen LogP contribution < -0.4 is 5.73 Å². The summed E-state index contributed by atoms with van der Waals surface area (Å²) in [4.78, 5) is 3.75. The Morgan fingerprint density at radius 3 is 2.50 bits per heavy atom.